The van der Waals surface area contributed by atoms with Crippen LogP contribution in [0.15, 0.2) is 29.3 Å². The van der Waals surface area contributed by atoms with E-state index in [4.69, 9.17) is 9.47 Å². The summed E-state index contributed by atoms with van der Waals surface area (Å²) in [4.78, 5) is 6.55. The zero-order valence-electron chi connectivity index (χ0n) is 17.5. The van der Waals surface area contributed by atoms with E-state index >= 15 is 0 Å². The van der Waals surface area contributed by atoms with Crippen molar-refractivity contribution in [2.75, 3.05) is 39.9 Å². The van der Waals surface area contributed by atoms with Crippen LogP contribution in [0, 0.1) is 0 Å². The predicted molar refractivity (Wildman–Crippen MR) is 122 cm³/mol. The molecule has 9 heteroatoms. The van der Waals surface area contributed by atoms with E-state index in [0.29, 0.717) is 25.1 Å². The second-order valence-electron chi connectivity index (χ2n) is 7.69. The lowest BCUT2D eigenvalue weighted by Crippen LogP contribution is -2.53. The van der Waals surface area contributed by atoms with Gasteiger partial charge in [-0.25, -0.2) is 0 Å². The van der Waals surface area contributed by atoms with E-state index < -0.39 is 11.7 Å². The molecule has 0 aromatic heterocycles. The quantitative estimate of drug-likeness (QED) is 0.344. The number of nitrogens with zero attached hydrogens (tertiary/aromatic N) is 2. The minimum atomic E-state index is -4.31. The van der Waals surface area contributed by atoms with Gasteiger partial charge < -0.3 is 19.7 Å². The highest BCUT2D eigenvalue weighted by Gasteiger charge is 2.32. The fourth-order valence-electron chi connectivity index (χ4n) is 3.91. The standard InChI is InChI=1S/C21H30F3N3O2.HI/c1-15(16-5-3-6-17(13-16)21(22,23)24)8-9-26-20(25-2)27-10-12-29-19(14-27)18-7-4-11-28-18;/h3,5-6,13,15,18-19H,4,7-12,14H2,1-2H3,(H,25,26);1H. The van der Waals surface area contributed by atoms with Gasteiger partial charge in [-0.15, -0.1) is 24.0 Å². The van der Waals surface area contributed by atoms with E-state index in [1.807, 2.05) is 6.92 Å². The number of nitrogens with one attached hydrogen (secondary N) is 1. The van der Waals surface area contributed by atoms with Crippen LogP contribution in [0.1, 0.15) is 43.2 Å². The van der Waals surface area contributed by atoms with E-state index in [1.54, 1.807) is 13.1 Å². The molecular formula is C21H31F3IN3O2. The summed E-state index contributed by atoms with van der Waals surface area (Å²) >= 11 is 0. The molecule has 0 aliphatic carbocycles. The van der Waals surface area contributed by atoms with Crippen LogP contribution in [0.3, 0.4) is 0 Å². The van der Waals surface area contributed by atoms with Gasteiger partial charge in [-0.3, -0.25) is 4.99 Å². The number of aliphatic imine (C=N–C) groups is 1. The number of guanidine groups is 1. The minimum Gasteiger partial charge on any atom is -0.375 e. The highest BCUT2D eigenvalue weighted by atomic mass is 127. The third-order valence-electron chi connectivity index (χ3n) is 5.63. The molecule has 1 aromatic carbocycles. The third kappa shape index (κ3) is 6.71. The van der Waals surface area contributed by atoms with E-state index in [1.165, 1.54) is 12.1 Å². The Kier molecular flexibility index (Phi) is 9.67. The average Bonchev–Trinajstić information content (AvgIpc) is 3.25. The Bertz CT molecular complexity index is 696. The second kappa shape index (κ2) is 11.5. The summed E-state index contributed by atoms with van der Waals surface area (Å²) in [7, 11) is 1.75. The largest absolute Gasteiger partial charge is 0.416 e. The van der Waals surface area contributed by atoms with Crippen molar-refractivity contribution in [3.05, 3.63) is 35.4 Å². The van der Waals surface area contributed by atoms with Crippen LogP contribution in [0.2, 0.25) is 0 Å². The zero-order chi connectivity index (χ0) is 20.9. The summed E-state index contributed by atoms with van der Waals surface area (Å²) in [5, 5.41) is 3.35. The van der Waals surface area contributed by atoms with Gasteiger partial charge in [0.1, 0.15) is 6.10 Å². The van der Waals surface area contributed by atoms with Gasteiger partial charge in [0.2, 0.25) is 0 Å². The molecular weight excluding hydrogens is 510 g/mol. The number of morpholine rings is 1. The molecule has 0 radical (unpaired) electrons. The number of ether oxygens (including phenoxy) is 2. The molecule has 3 rings (SSSR count). The maximum absolute atomic E-state index is 12.9. The van der Waals surface area contributed by atoms with Gasteiger partial charge in [0.15, 0.2) is 5.96 Å². The smallest absolute Gasteiger partial charge is 0.375 e. The van der Waals surface area contributed by atoms with Crippen LogP contribution in [0.25, 0.3) is 0 Å². The lowest BCUT2D eigenvalue weighted by Gasteiger charge is -2.37. The molecule has 2 aliphatic rings. The van der Waals surface area contributed by atoms with Gasteiger partial charge in [0.05, 0.1) is 18.3 Å². The van der Waals surface area contributed by atoms with Crippen LogP contribution in [0.4, 0.5) is 13.2 Å². The maximum Gasteiger partial charge on any atom is 0.416 e. The van der Waals surface area contributed by atoms with Crippen molar-refractivity contribution in [3.8, 4) is 0 Å². The van der Waals surface area contributed by atoms with Gasteiger partial charge in [-0.2, -0.15) is 13.2 Å². The van der Waals surface area contributed by atoms with Gasteiger partial charge in [-0.1, -0.05) is 25.1 Å². The first-order valence-corrected chi connectivity index (χ1v) is 10.2. The molecule has 2 aliphatic heterocycles. The fourth-order valence-corrected chi connectivity index (χ4v) is 3.91. The number of halogens is 4. The molecule has 170 valence electrons. The highest BCUT2D eigenvalue weighted by molar-refractivity contribution is 14.0. The number of hydrogen-bond donors (Lipinski definition) is 1. The van der Waals surface area contributed by atoms with Crippen molar-refractivity contribution >= 4 is 29.9 Å². The van der Waals surface area contributed by atoms with Crippen LogP contribution in [-0.4, -0.2) is 63.0 Å². The van der Waals surface area contributed by atoms with E-state index in [9.17, 15) is 13.2 Å². The lowest BCUT2D eigenvalue weighted by molar-refractivity contribution is -0.137. The van der Waals surface area contributed by atoms with Gasteiger partial charge in [0, 0.05) is 33.3 Å². The Labute approximate surface area is 193 Å². The predicted octanol–water partition coefficient (Wildman–Crippen LogP) is 4.27. The average molecular weight is 541 g/mol. The van der Waals surface area contributed by atoms with E-state index in [2.05, 4.69) is 15.2 Å². The monoisotopic (exact) mass is 541 g/mol. The molecule has 1 N–H and O–H groups in total. The van der Waals surface area contributed by atoms with Gasteiger partial charge >= 0.3 is 6.18 Å². The SMILES string of the molecule is CN=C(NCCC(C)c1cccc(C(F)(F)F)c1)N1CCOC(C2CCCO2)C1.I. The number of alkyl halides is 3. The molecule has 5 nitrogen and oxygen atoms in total. The van der Waals surface area contributed by atoms with Crippen molar-refractivity contribution in [2.24, 2.45) is 4.99 Å². The molecule has 2 heterocycles. The van der Waals surface area contributed by atoms with Crippen molar-refractivity contribution in [1.29, 1.82) is 0 Å². The Hall–Kier alpha value is -1.07. The van der Waals surface area contributed by atoms with Crippen molar-refractivity contribution in [2.45, 2.75) is 50.5 Å². The molecule has 1 aromatic rings. The summed E-state index contributed by atoms with van der Waals surface area (Å²) in [6.45, 7) is 5.49. The third-order valence-corrected chi connectivity index (χ3v) is 5.63. The molecule has 2 saturated heterocycles. The highest BCUT2D eigenvalue weighted by Crippen LogP contribution is 2.31. The van der Waals surface area contributed by atoms with E-state index in [0.717, 1.165) is 44.6 Å². The molecule has 30 heavy (non-hydrogen) atoms. The number of hydrogen-bond acceptors (Lipinski definition) is 3. The van der Waals surface area contributed by atoms with Crippen molar-refractivity contribution < 1.29 is 22.6 Å². The molecule has 2 fully saturated rings. The number of rotatable bonds is 5. The Morgan fingerprint density at radius 3 is 2.70 bits per heavy atom. The van der Waals surface area contributed by atoms with Crippen LogP contribution in [-0.2, 0) is 15.7 Å². The summed E-state index contributed by atoms with van der Waals surface area (Å²) < 4.78 is 50.4. The van der Waals surface area contributed by atoms with Gasteiger partial charge in [0.25, 0.3) is 0 Å². The van der Waals surface area contributed by atoms with Crippen LogP contribution >= 0.6 is 24.0 Å². The zero-order valence-corrected chi connectivity index (χ0v) is 19.8. The maximum atomic E-state index is 12.9. The molecule has 3 atom stereocenters. The Balaban J connectivity index is 0.00000320. The molecule has 0 amide bonds. The summed E-state index contributed by atoms with van der Waals surface area (Å²) in [6.07, 6.45) is -1.30. The van der Waals surface area contributed by atoms with Crippen molar-refractivity contribution in [3.63, 3.8) is 0 Å². The first-order valence-electron chi connectivity index (χ1n) is 10.2. The first kappa shape index (κ1) is 25.2. The molecule has 0 bridgehead atoms. The molecule has 3 unspecified atom stereocenters. The summed E-state index contributed by atoms with van der Waals surface area (Å²) in [6, 6.07) is 5.58. The fraction of sp³-hybridized carbons (Fsp3) is 0.667. The van der Waals surface area contributed by atoms with Crippen LogP contribution < -0.4 is 5.32 Å². The number of benzene rings is 1. The molecule has 0 saturated carbocycles. The van der Waals surface area contributed by atoms with Gasteiger partial charge in [-0.05, 0) is 36.8 Å². The summed E-state index contributed by atoms with van der Waals surface area (Å²) in [5.41, 5.74) is 0.0977. The minimum absolute atomic E-state index is 0. The summed E-state index contributed by atoms with van der Waals surface area (Å²) in [5.74, 6) is 0.805. The first-order chi connectivity index (χ1) is 13.9. The molecule has 0 spiro atoms. The van der Waals surface area contributed by atoms with Crippen molar-refractivity contribution in [1.82, 2.24) is 10.2 Å². The van der Waals surface area contributed by atoms with Crippen LogP contribution in [0.5, 0.6) is 0 Å². The lowest BCUT2D eigenvalue weighted by atomic mass is 9.96. The topological polar surface area (TPSA) is 46.1 Å². The van der Waals surface area contributed by atoms with E-state index in [-0.39, 0.29) is 42.1 Å². The Morgan fingerprint density at radius 1 is 1.27 bits per heavy atom. The second-order valence-corrected chi connectivity index (χ2v) is 7.69. The normalized spacial score (nSPS) is 23.8. The Morgan fingerprint density at radius 2 is 2.03 bits per heavy atom.